The van der Waals surface area contributed by atoms with Crippen LogP contribution in [0.1, 0.15) is 47.5 Å². The van der Waals surface area contributed by atoms with E-state index >= 15 is 0 Å². The molecular weight excluding hydrogens is 190 g/mol. The molecule has 1 aliphatic rings. The first kappa shape index (κ1) is 12.5. The van der Waals surface area contributed by atoms with Crippen LogP contribution in [-0.2, 0) is 9.53 Å². The Morgan fingerprint density at radius 3 is 2.33 bits per heavy atom. The zero-order valence-corrected chi connectivity index (χ0v) is 10.5. The molecule has 88 valence electrons. The second kappa shape index (κ2) is 4.52. The SMILES string of the molecule is C[C@@H]1CC[C@@H](C(=O)OC(C)(C)C)[C@H](C)N1. The van der Waals surface area contributed by atoms with Crippen LogP contribution in [0.15, 0.2) is 0 Å². The first-order valence-corrected chi connectivity index (χ1v) is 5.78. The lowest BCUT2D eigenvalue weighted by molar-refractivity contribution is -0.162. The van der Waals surface area contributed by atoms with Crippen LogP contribution in [0, 0.1) is 5.92 Å². The van der Waals surface area contributed by atoms with E-state index in [-0.39, 0.29) is 23.5 Å². The van der Waals surface area contributed by atoms with Crippen LogP contribution in [0.5, 0.6) is 0 Å². The van der Waals surface area contributed by atoms with Crippen LogP contribution >= 0.6 is 0 Å². The first-order chi connectivity index (χ1) is 6.79. The summed E-state index contributed by atoms with van der Waals surface area (Å²) in [5.74, 6) is -0.0465. The van der Waals surface area contributed by atoms with E-state index in [0.717, 1.165) is 12.8 Å². The fourth-order valence-electron chi connectivity index (χ4n) is 2.03. The number of nitrogens with one attached hydrogen (secondary N) is 1. The van der Waals surface area contributed by atoms with Gasteiger partial charge in [-0.05, 0) is 47.5 Å². The molecule has 0 aliphatic carbocycles. The van der Waals surface area contributed by atoms with E-state index in [2.05, 4.69) is 19.2 Å². The van der Waals surface area contributed by atoms with Crippen molar-refractivity contribution < 1.29 is 9.53 Å². The molecule has 15 heavy (non-hydrogen) atoms. The van der Waals surface area contributed by atoms with Crippen molar-refractivity contribution in [2.75, 3.05) is 0 Å². The van der Waals surface area contributed by atoms with Gasteiger partial charge in [-0.1, -0.05) is 0 Å². The van der Waals surface area contributed by atoms with Gasteiger partial charge in [-0.15, -0.1) is 0 Å². The molecule has 3 heteroatoms. The summed E-state index contributed by atoms with van der Waals surface area (Å²) < 4.78 is 5.40. The summed E-state index contributed by atoms with van der Waals surface area (Å²) in [5.41, 5.74) is -0.375. The predicted molar refractivity (Wildman–Crippen MR) is 60.6 cm³/mol. The van der Waals surface area contributed by atoms with E-state index < -0.39 is 0 Å². The van der Waals surface area contributed by atoms with Crippen molar-refractivity contribution in [1.82, 2.24) is 5.32 Å². The zero-order chi connectivity index (χ0) is 11.6. The monoisotopic (exact) mass is 213 g/mol. The number of carbonyl (C=O) groups is 1. The molecule has 1 heterocycles. The molecule has 0 saturated carbocycles. The van der Waals surface area contributed by atoms with Gasteiger partial charge in [-0.2, -0.15) is 0 Å². The lowest BCUT2D eigenvalue weighted by atomic mass is 9.89. The van der Waals surface area contributed by atoms with Gasteiger partial charge in [0.25, 0.3) is 0 Å². The zero-order valence-electron chi connectivity index (χ0n) is 10.5. The van der Waals surface area contributed by atoms with Gasteiger partial charge in [0.2, 0.25) is 0 Å². The van der Waals surface area contributed by atoms with Crippen molar-refractivity contribution in [3.8, 4) is 0 Å². The van der Waals surface area contributed by atoms with Crippen LogP contribution in [0.25, 0.3) is 0 Å². The van der Waals surface area contributed by atoms with Crippen LogP contribution in [0.3, 0.4) is 0 Å². The molecule has 0 unspecified atom stereocenters. The first-order valence-electron chi connectivity index (χ1n) is 5.78. The van der Waals surface area contributed by atoms with Crippen molar-refractivity contribution in [2.24, 2.45) is 5.92 Å². The third-order valence-corrected chi connectivity index (χ3v) is 2.77. The van der Waals surface area contributed by atoms with Gasteiger partial charge in [0.1, 0.15) is 5.60 Å². The topological polar surface area (TPSA) is 38.3 Å². The minimum atomic E-state index is -0.375. The molecule has 1 aliphatic heterocycles. The lowest BCUT2D eigenvalue weighted by Gasteiger charge is -2.34. The molecule has 1 N–H and O–H groups in total. The number of hydrogen-bond donors (Lipinski definition) is 1. The Balaban J connectivity index is 2.53. The summed E-state index contributed by atoms with van der Waals surface area (Å²) in [4.78, 5) is 11.9. The van der Waals surface area contributed by atoms with Crippen molar-refractivity contribution in [3.63, 3.8) is 0 Å². The molecule has 0 bridgehead atoms. The molecule has 1 saturated heterocycles. The van der Waals surface area contributed by atoms with Crippen LogP contribution < -0.4 is 5.32 Å². The molecule has 0 spiro atoms. The third-order valence-electron chi connectivity index (χ3n) is 2.77. The summed E-state index contributed by atoms with van der Waals surface area (Å²) in [7, 11) is 0. The summed E-state index contributed by atoms with van der Waals surface area (Å²) in [6.45, 7) is 9.95. The normalized spacial score (nSPS) is 32.5. The minimum absolute atomic E-state index is 0.0143. The van der Waals surface area contributed by atoms with Crippen molar-refractivity contribution in [3.05, 3.63) is 0 Å². The van der Waals surface area contributed by atoms with Gasteiger partial charge in [0.05, 0.1) is 5.92 Å². The summed E-state index contributed by atoms with van der Waals surface area (Å²) in [5, 5.41) is 3.40. The maximum absolute atomic E-state index is 11.9. The highest BCUT2D eigenvalue weighted by atomic mass is 16.6. The Hall–Kier alpha value is -0.570. The third kappa shape index (κ3) is 3.82. The Morgan fingerprint density at radius 1 is 1.27 bits per heavy atom. The Labute approximate surface area is 92.6 Å². The standard InChI is InChI=1S/C12H23NO2/c1-8-6-7-10(9(2)13-8)11(14)15-12(3,4)5/h8-10,13H,6-7H2,1-5H3/t8-,9+,10-/m1/s1. The quantitative estimate of drug-likeness (QED) is 0.678. The molecule has 0 aromatic carbocycles. The lowest BCUT2D eigenvalue weighted by Crippen LogP contribution is -2.48. The molecule has 3 nitrogen and oxygen atoms in total. The Kier molecular flexibility index (Phi) is 3.77. The fraction of sp³-hybridized carbons (Fsp3) is 0.917. The molecule has 0 radical (unpaired) electrons. The summed E-state index contributed by atoms with van der Waals surface area (Å²) in [6, 6.07) is 0.738. The number of esters is 1. The fourth-order valence-corrected chi connectivity index (χ4v) is 2.03. The van der Waals surface area contributed by atoms with E-state index in [4.69, 9.17) is 4.74 Å². The number of ether oxygens (including phenoxy) is 1. The van der Waals surface area contributed by atoms with E-state index in [1.807, 2.05) is 20.8 Å². The number of carbonyl (C=O) groups excluding carboxylic acids is 1. The number of rotatable bonds is 1. The van der Waals surface area contributed by atoms with Crippen molar-refractivity contribution in [1.29, 1.82) is 0 Å². The van der Waals surface area contributed by atoms with Crippen LogP contribution in [-0.4, -0.2) is 23.7 Å². The van der Waals surface area contributed by atoms with Gasteiger partial charge in [-0.3, -0.25) is 4.79 Å². The van der Waals surface area contributed by atoms with Gasteiger partial charge >= 0.3 is 5.97 Å². The average Bonchev–Trinajstić information content (AvgIpc) is 1.99. The molecule has 1 rings (SSSR count). The molecule has 0 amide bonds. The average molecular weight is 213 g/mol. The minimum Gasteiger partial charge on any atom is -0.460 e. The molecule has 3 atom stereocenters. The molecule has 1 fully saturated rings. The van der Waals surface area contributed by atoms with Gasteiger partial charge in [0.15, 0.2) is 0 Å². The molecule has 0 aromatic heterocycles. The van der Waals surface area contributed by atoms with Gasteiger partial charge < -0.3 is 10.1 Å². The molecular formula is C12H23NO2. The van der Waals surface area contributed by atoms with Crippen LogP contribution in [0.2, 0.25) is 0 Å². The predicted octanol–water partition coefficient (Wildman–Crippen LogP) is 2.10. The van der Waals surface area contributed by atoms with E-state index in [0.29, 0.717) is 6.04 Å². The number of piperidine rings is 1. The van der Waals surface area contributed by atoms with E-state index in [1.54, 1.807) is 0 Å². The maximum atomic E-state index is 11.9. The second-order valence-corrected chi connectivity index (χ2v) is 5.57. The van der Waals surface area contributed by atoms with Crippen LogP contribution in [0.4, 0.5) is 0 Å². The number of hydrogen-bond acceptors (Lipinski definition) is 3. The maximum Gasteiger partial charge on any atom is 0.311 e. The van der Waals surface area contributed by atoms with Gasteiger partial charge in [-0.25, -0.2) is 0 Å². The highest BCUT2D eigenvalue weighted by molar-refractivity contribution is 5.73. The Morgan fingerprint density at radius 2 is 1.87 bits per heavy atom. The summed E-state index contributed by atoms with van der Waals surface area (Å²) >= 11 is 0. The largest absolute Gasteiger partial charge is 0.460 e. The van der Waals surface area contributed by atoms with Crippen molar-refractivity contribution in [2.45, 2.75) is 65.1 Å². The van der Waals surface area contributed by atoms with E-state index in [9.17, 15) is 4.79 Å². The Bertz CT molecular complexity index is 232. The smallest absolute Gasteiger partial charge is 0.311 e. The summed E-state index contributed by atoms with van der Waals surface area (Å²) in [6.07, 6.45) is 1.98. The molecule has 0 aromatic rings. The highest BCUT2D eigenvalue weighted by Crippen LogP contribution is 2.23. The van der Waals surface area contributed by atoms with E-state index in [1.165, 1.54) is 0 Å². The van der Waals surface area contributed by atoms with Gasteiger partial charge in [0, 0.05) is 12.1 Å². The highest BCUT2D eigenvalue weighted by Gasteiger charge is 2.33. The second-order valence-electron chi connectivity index (χ2n) is 5.57. The van der Waals surface area contributed by atoms with Crippen molar-refractivity contribution >= 4 is 5.97 Å².